The molecule has 1 saturated heterocycles. The van der Waals surface area contributed by atoms with Crippen molar-refractivity contribution in [3.05, 3.63) is 36.4 Å². The molecule has 122 valence electrons. The smallest absolute Gasteiger partial charge is 0.387 e. The number of halogens is 2. The Bertz CT molecular complexity index is 493. The van der Waals surface area contributed by atoms with E-state index in [-0.39, 0.29) is 5.75 Å². The summed E-state index contributed by atoms with van der Waals surface area (Å²) < 4.78 is 32.5. The molecule has 0 radical (unpaired) electrons. The van der Waals surface area contributed by atoms with E-state index in [2.05, 4.69) is 28.8 Å². The molecular weight excluding hydrogens is 288 g/mol. The summed E-state index contributed by atoms with van der Waals surface area (Å²) in [6.45, 7) is -1.51. The van der Waals surface area contributed by atoms with Crippen molar-refractivity contribution in [3.63, 3.8) is 0 Å². The average Bonchev–Trinajstić information content (AvgIpc) is 2.90. The van der Waals surface area contributed by atoms with E-state index in [1.165, 1.54) is 39.0 Å². The Morgan fingerprint density at radius 3 is 2.55 bits per heavy atom. The molecular formula is C17H23F2NO2. The molecule has 0 amide bonds. The molecule has 2 unspecified atom stereocenters. The molecule has 1 fully saturated rings. The average molecular weight is 311 g/mol. The van der Waals surface area contributed by atoms with Crippen LogP contribution in [0.4, 0.5) is 8.78 Å². The summed E-state index contributed by atoms with van der Waals surface area (Å²) in [6, 6.07) is 7.13. The summed E-state index contributed by atoms with van der Waals surface area (Å²) >= 11 is 0. The van der Waals surface area contributed by atoms with Gasteiger partial charge in [0.05, 0.1) is 7.11 Å². The Labute approximate surface area is 130 Å². The lowest BCUT2D eigenvalue weighted by atomic mass is 9.91. The molecule has 5 heteroatoms. The van der Waals surface area contributed by atoms with Gasteiger partial charge in [-0.3, -0.25) is 0 Å². The van der Waals surface area contributed by atoms with Gasteiger partial charge in [-0.25, -0.2) is 0 Å². The van der Waals surface area contributed by atoms with Crippen molar-refractivity contribution in [1.82, 2.24) is 4.90 Å². The van der Waals surface area contributed by atoms with Crippen molar-refractivity contribution in [2.45, 2.75) is 31.9 Å². The van der Waals surface area contributed by atoms with Crippen LogP contribution in [0.3, 0.4) is 0 Å². The van der Waals surface area contributed by atoms with Crippen LogP contribution in [0.5, 0.6) is 11.5 Å². The molecule has 2 aliphatic rings. The fraction of sp³-hybridized carbons (Fsp3) is 0.529. The predicted octanol–water partition coefficient (Wildman–Crippen LogP) is 3.95. The van der Waals surface area contributed by atoms with E-state index in [9.17, 15) is 8.78 Å². The second-order valence-electron chi connectivity index (χ2n) is 5.54. The van der Waals surface area contributed by atoms with Gasteiger partial charge in [0.25, 0.3) is 0 Å². The molecule has 0 aromatic heterocycles. The largest absolute Gasteiger partial charge is 0.493 e. The summed E-state index contributed by atoms with van der Waals surface area (Å²) in [5, 5.41) is 0. The van der Waals surface area contributed by atoms with Gasteiger partial charge in [0, 0.05) is 6.04 Å². The number of methoxy groups -OCH3 is 1. The molecule has 1 heterocycles. The van der Waals surface area contributed by atoms with Crippen LogP contribution < -0.4 is 9.47 Å². The highest BCUT2D eigenvalue weighted by atomic mass is 19.3. The van der Waals surface area contributed by atoms with Crippen molar-refractivity contribution in [2.75, 3.05) is 20.7 Å². The van der Waals surface area contributed by atoms with Crippen molar-refractivity contribution in [1.29, 1.82) is 0 Å². The highest BCUT2D eigenvalue weighted by Gasteiger charge is 2.30. The van der Waals surface area contributed by atoms with Gasteiger partial charge in [-0.15, -0.1) is 0 Å². The van der Waals surface area contributed by atoms with Gasteiger partial charge in [-0.1, -0.05) is 24.3 Å². The molecule has 0 saturated carbocycles. The number of fused-ring (bicyclic) bond motifs is 1. The van der Waals surface area contributed by atoms with Crippen LogP contribution in [-0.4, -0.2) is 38.3 Å². The Balaban J connectivity index is 0.000000162. The summed E-state index contributed by atoms with van der Waals surface area (Å²) in [5.41, 5.74) is 0. The van der Waals surface area contributed by atoms with Crippen molar-refractivity contribution >= 4 is 0 Å². The number of para-hydroxylation sites is 2. The second-order valence-corrected chi connectivity index (χ2v) is 5.54. The SMILES string of the molecule is CN1CCC2C=CCCC21.COc1ccccc1OC(F)F. The standard InChI is InChI=1S/C9H15N.C8H8F2O2/c1-10-7-6-8-4-2-3-5-9(8)10;1-11-6-4-2-3-5-7(6)12-8(9)10/h2,4,8-9H,3,5-7H2,1H3;2-5,8H,1H3. The van der Waals surface area contributed by atoms with Gasteiger partial charge in [0.1, 0.15) is 0 Å². The number of benzene rings is 1. The number of rotatable bonds is 3. The molecule has 1 aliphatic heterocycles. The van der Waals surface area contributed by atoms with Gasteiger partial charge in [0.15, 0.2) is 11.5 Å². The van der Waals surface area contributed by atoms with Gasteiger partial charge in [-0.2, -0.15) is 8.78 Å². The van der Waals surface area contributed by atoms with Crippen LogP contribution in [0.25, 0.3) is 0 Å². The second kappa shape index (κ2) is 8.13. The van der Waals surface area contributed by atoms with E-state index in [1.54, 1.807) is 18.2 Å². The summed E-state index contributed by atoms with van der Waals surface area (Å²) in [7, 11) is 3.65. The molecule has 0 bridgehead atoms. The van der Waals surface area contributed by atoms with Gasteiger partial charge in [-0.05, 0) is 50.9 Å². The minimum Gasteiger partial charge on any atom is -0.493 e. The van der Waals surface area contributed by atoms with Crippen LogP contribution in [0.2, 0.25) is 0 Å². The molecule has 0 N–H and O–H groups in total. The van der Waals surface area contributed by atoms with E-state index in [1.807, 2.05) is 0 Å². The minimum absolute atomic E-state index is 0.0509. The van der Waals surface area contributed by atoms with E-state index < -0.39 is 6.61 Å². The van der Waals surface area contributed by atoms with E-state index in [0.717, 1.165) is 12.0 Å². The predicted molar refractivity (Wildman–Crippen MR) is 82.5 cm³/mol. The minimum atomic E-state index is -2.82. The first-order chi connectivity index (χ1) is 10.6. The van der Waals surface area contributed by atoms with Gasteiger partial charge in [0.2, 0.25) is 0 Å². The Hall–Kier alpha value is -1.62. The maximum Gasteiger partial charge on any atom is 0.387 e. The lowest BCUT2D eigenvalue weighted by Crippen LogP contribution is -2.29. The first-order valence-electron chi connectivity index (χ1n) is 7.56. The third-order valence-corrected chi connectivity index (χ3v) is 4.17. The van der Waals surface area contributed by atoms with Gasteiger partial charge < -0.3 is 14.4 Å². The number of likely N-dealkylation sites (tertiary alicyclic amines) is 1. The number of allylic oxidation sites excluding steroid dienone is 1. The fourth-order valence-corrected chi connectivity index (χ4v) is 3.05. The normalized spacial score (nSPS) is 23.7. The number of hydrogen-bond acceptors (Lipinski definition) is 3. The summed E-state index contributed by atoms with van der Waals surface area (Å²) in [5.74, 6) is 1.24. The third kappa shape index (κ3) is 4.44. The lowest BCUT2D eigenvalue weighted by molar-refractivity contribution is -0.0512. The number of nitrogens with zero attached hydrogens (tertiary/aromatic N) is 1. The van der Waals surface area contributed by atoms with Crippen LogP contribution in [0.15, 0.2) is 36.4 Å². The number of ether oxygens (including phenoxy) is 2. The molecule has 22 heavy (non-hydrogen) atoms. The maximum absolute atomic E-state index is 11.8. The van der Waals surface area contributed by atoms with Crippen LogP contribution in [0, 0.1) is 5.92 Å². The van der Waals surface area contributed by atoms with Crippen LogP contribution >= 0.6 is 0 Å². The molecule has 3 rings (SSSR count). The Morgan fingerprint density at radius 1 is 1.18 bits per heavy atom. The van der Waals surface area contributed by atoms with Crippen molar-refractivity contribution < 1.29 is 18.3 Å². The molecule has 2 atom stereocenters. The Kier molecular flexibility index (Phi) is 6.19. The number of hydrogen-bond donors (Lipinski definition) is 0. The first-order valence-corrected chi connectivity index (χ1v) is 7.56. The van der Waals surface area contributed by atoms with Crippen LogP contribution in [-0.2, 0) is 0 Å². The quantitative estimate of drug-likeness (QED) is 0.789. The highest BCUT2D eigenvalue weighted by Crippen LogP contribution is 2.30. The van der Waals surface area contributed by atoms with E-state index >= 15 is 0 Å². The first kappa shape index (κ1) is 16.7. The fourth-order valence-electron chi connectivity index (χ4n) is 3.05. The summed E-state index contributed by atoms with van der Waals surface area (Å²) in [4.78, 5) is 2.51. The zero-order valence-electron chi connectivity index (χ0n) is 13.0. The molecule has 1 aliphatic carbocycles. The van der Waals surface area contributed by atoms with Crippen molar-refractivity contribution in [3.8, 4) is 11.5 Å². The summed E-state index contributed by atoms with van der Waals surface area (Å²) in [6.07, 6.45) is 8.83. The third-order valence-electron chi connectivity index (χ3n) is 4.17. The zero-order chi connectivity index (χ0) is 15.9. The molecule has 3 nitrogen and oxygen atoms in total. The molecule has 0 spiro atoms. The van der Waals surface area contributed by atoms with E-state index in [4.69, 9.17) is 4.74 Å². The topological polar surface area (TPSA) is 21.7 Å². The number of alkyl halides is 2. The monoisotopic (exact) mass is 311 g/mol. The zero-order valence-corrected chi connectivity index (χ0v) is 13.0. The molecule has 1 aromatic rings. The highest BCUT2D eigenvalue weighted by molar-refractivity contribution is 5.39. The van der Waals surface area contributed by atoms with Crippen molar-refractivity contribution in [2.24, 2.45) is 5.92 Å². The van der Waals surface area contributed by atoms with Crippen LogP contribution in [0.1, 0.15) is 19.3 Å². The maximum atomic E-state index is 11.8. The van der Waals surface area contributed by atoms with Gasteiger partial charge >= 0.3 is 6.61 Å². The lowest BCUT2D eigenvalue weighted by Gasteiger charge is -2.25. The van der Waals surface area contributed by atoms with E-state index in [0.29, 0.717) is 5.75 Å². The Morgan fingerprint density at radius 2 is 1.91 bits per heavy atom. The molecule has 1 aromatic carbocycles.